The van der Waals surface area contributed by atoms with Crippen molar-refractivity contribution in [2.75, 3.05) is 0 Å². The minimum atomic E-state index is -0.147. The van der Waals surface area contributed by atoms with E-state index in [0.29, 0.717) is 11.1 Å². The highest BCUT2D eigenvalue weighted by Gasteiger charge is 2.23. The van der Waals surface area contributed by atoms with Crippen LogP contribution in [0.1, 0.15) is 44.5 Å². The Labute approximate surface area is 139 Å². The summed E-state index contributed by atoms with van der Waals surface area (Å²) in [5.74, 6) is 0.639. The molecule has 6 nitrogen and oxygen atoms in total. The Balaban J connectivity index is 1.73. The number of hydrogen-bond donors (Lipinski definition) is 0. The zero-order valence-corrected chi connectivity index (χ0v) is 14.4. The van der Waals surface area contributed by atoms with Crippen LogP contribution in [0.25, 0.3) is 5.69 Å². The second kappa shape index (κ2) is 6.16. The van der Waals surface area contributed by atoms with Crippen molar-refractivity contribution in [3.8, 4) is 5.69 Å². The van der Waals surface area contributed by atoms with Gasteiger partial charge in [0.2, 0.25) is 5.89 Å². The molecule has 23 heavy (non-hydrogen) atoms. The van der Waals surface area contributed by atoms with Crippen LogP contribution in [-0.2, 0) is 5.41 Å². The van der Waals surface area contributed by atoms with Crippen molar-refractivity contribution in [1.82, 2.24) is 25.2 Å². The Morgan fingerprint density at radius 2 is 1.83 bits per heavy atom. The molecule has 0 aliphatic heterocycles. The van der Waals surface area contributed by atoms with Crippen molar-refractivity contribution >= 4 is 11.8 Å². The number of para-hydroxylation sites is 1. The first-order valence-electron chi connectivity index (χ1n) is 7.42. The topological polar surface area (TPSA) is 69.6 Å². The summed E-state index contributed by atoms with van der Waals surface area (Å²) in [4.78, 5) is 0. The fraction of sp³-hybridized carbons (Fsp3) is 0.375. The number of nitrogens with zero attached hydrogens (tertiary/aromatic N) is 5. The van der Waals surface area contributed by atoms with Gasteiger partial charge in [0, 0.05) is 5.41 Å². The lowest BCUT2D eigenvalue weighted by Gasteiger charge is -2.11. The van der Waals surface area contributed by atoms with E-state index in [0.717, 1.165) is 11.4 Å². The summed E-state index contributed by atoms with van der Waals surface area (Å²) in [6.07, 6.45) is 1.92. The standard InChI is InChI=1S/C16H19N5OS/c1-11(23-15-19-18-14(22-15)16(2,3)4)13-10-21(20-17-13)12-8-6-5-7-9-12/h5-11H,1-4H3/t11-/m1/s1. The van der Waals surface area contributed by atoms with E-state index in [1.807, 2.05) is 64.2 Å². The predicted octanol–water partition coefficient (Wildman–Crippen LogP) is 3.80. The van der Waals surface area contributed by atoms with Crippen LogP contribution in [0.3, 0.4) is 0 Å². The monoisotopic (exact) mass is 329 g/mol. The van der Waals surface area contributed by atoms with E-state index in [1.165, 1.54) is 11.8 Å². The predicted molar refractivity (Wildman–Crippen MR) is 88.6 cm³/mol. The lowest BCUT2D eigenvalue weighted by Crippen LogP contribution is -2.11. The van der Waals surface area contributed by atoms with Crippen LogP contribution >= 0.6 is 11.8 Å². The van der Waals surface area contributed by atoms with E-state index >= 15 is 0 Å². The van der Waals surface area contributed by atoms with Crippen molar-refractivity contribution in [2.24, 2.45) is 0 Å². The maximum atomic E-state index is 5.72. The van der Waals surface area contributed by atoms with E-state index in [1.54, 1.807) is 4.68 Å². The molecule has 0 amide bonds. The van der Waals surface area contributed by atoms with Gasteiger partial charge in [-0.3, -0.25) is 0 Å². The lowest BCUT2D eigenvalue weighted by molar-refractivity contribution is 0.347. The van der Waals surface area contributed by atoms with Gasteiger partial charge in [0.05, 0.1) is 22.8 Å². The van der Waals surface area contributed by atoms with Crippen LogP contribution in [0.2, 0.25) is 0 Å². The number of thioether (sulfide) groups is 1. The summed E-state index contributed by atoms with van der Waals surface area (Å²) in [5.41, 5.74) is 1.71. The van der Waals surface area contributed by atoms with Gasteiger partial charge in [-0.1, -0.05) is 55.9 Å². The normalized spacial score (nSPS) is 13.2. The van der Waals surface area contributed by atoms with Gasteiger partial charge in [0.1, 0.15) is 0 Å². The minimum absolute atomic E-state index is 0.0701. The molecule has 0 spiro atoms. The molecule has 0 unspecified atom stereocenters. The molecule has 7 heteroatoms. The summed E-state index contributed by atoms with van der Waals surface area (Å²) < 4.78 is 7.48. The first kappa shape index (κ1) is 15.7. The highest BCUT2D eigenvalue weighted by Crippen LogP contribution is 2.34. The van der Waals surface area contributed by atoms with Gasteiger partial charge >= 0.3 is 0 Å². The number of hydrogen-bond acceptors (Lipinski definition) is 6. The summed E-state index contributed by atoms with van der Waals surface area (Å²) in [6, 6.07) is 9.90. The van der Waals surface area contributed by atoms with E-state index in [-0.39, 0.29) is 10.7 Å². The molecule has 2 heterocycles. The molecule has 0 N–H and O–H groups in total. The van der Waals surface area contributed by atoms with Crippen LogP contribution in [-0.4, -0.2) is 25.2 Å². The van der Waals surface area contributed by atoms with Crippen molar-refractivity contribution in [2.45, 2.75) is 43.6 Å². The van der Waals surface area contributed by atoms with Gasteiger partial charge in [-0.05, 0) is 19.1 Å². The summed E-state index contributed by atoms with van der Waals surface area (Å²) in [6.45, 7) is 8.18. The zero-order chi connectivity index (χ0) is 16.4. The Hall–Kier alpha value is -2.15. The highest BCUT2D eigenvalue weighted by molar-refractivity contribution is 7.99. The zero-order valence-electron chi connectivity index (χ0n) is 13.6. The van der Waals surface area contributed by atoms with Crippen LogP contribution in [0.4, 0.5) is 0 Å². The second-order valence-electron chi connectivity index (χ2n) is 6.31. The third-order valence-electron chi connectivity index (χ3n) is 3.27. The first-order chi connectivity index (χ1) is 10.9. The van der Waals surface area contributed by atoms with Crippen LogP contribution in [0.15, 0.2) is 46.2 Å². The average Bonchev–Trinajstić information content (AvgIpc) is 3.16. The fourth-order valence-electron chi connectivity index (χ4n) is 1.94. The van der Waals surface area contributed by atoms with Gasteiger partial charge in [-0.25, -0.2) is 4.68 Å². The Morgan fingerprint density at radius 3 is 2.48 bits per heavy atom. The number of rotatable bonds is 4. The van der Waals surface area contributed by atoms with E-state index in [2.05, 4.69) is 20.5 Å². The van der Waals surface area contributed by atoms with Gasteiger partial charge in [-0.15, -0.1) is 15.3 Å². The van der Waals surface area contributed by atoms with Crippen molar-refractivity contribution in [3.05, 3.63) is 48.1 Å². The SMILES string of the molecule is C[C@@H](Sc1nnc(C(C)(C)C)o1)c1cn(-c2ccccc2)nn1. The highest BCUT2D eigenvalue weighted by atomic mass is 32.2. The third-order valence-corrected chi connectivity index (χ3v) is 4.24. The van der Waals surface area contributed by atoms with Gasteiger partial charge in [0.25, 0.3) is 5.22 Å². The smallest absolute Gasteiger partial charge is 0.277 e. The Bertz CT molecular complexity index is 775. The van der Waals surface area contributed by atoms with E-state index in [4.69, 9.17) is 4.42 Å². The fourth-order valence-corrected chi connectivity index (χ4v) is 2.69. The third kappa shape index (κ3) is 3.61. The van der Waals surface area contributed by atoms with Crippen LogP contribution < -0.4 is 0 Å². The van der Waals surface area contributed by atoms with Crippen LogP contribution in [0.5, 0.6) is 0 Å². The van der Waals surface area contributed by atoms with E-state index in [9.17, 15) is 0 Å². The lowest BCUT2D eigenvalue weighted by atomic mass is 9.97. The van der Waals surface area contributed by atoms with Crippen molar-refractivity contribution < 1.29 is 4.42 Å². The maximum absolute atomic E-state index is 5.72. The maximum Gasteiger partial charge on any atom is 0.277 e. The molecule has 1 aromatic carbocycles. The molecule has 0 radical (unpaired) electrons. The molecule has 0 aliphatic rings. The molecular weight excluding hydrogens is 310 g/mol. The number of aromatic nitrogens is 5. The van der Waals surface area contributed by atoms with Crippen molar-refractivity contribution in [3.63, 3.8) is 0 Å². The van der Waals surface area contributed by atoms with Crippen LogP contribution in [0, 0.1) is 0 Å². The molecular formula is C16H19N5OS. The molecule has 3 rings (SSSR count). The average molecular weight is 329 g/mol. The second-order valence-corrected chi connectivity index (χ2v) is 7.60. The van der Waals surface area contributed by atoms with Gasteiger partial charge in [0.15, 0.2) is 0 Å². The minimum Gasteiger partial charge on any atom is -0.415 e. The molecule has 0 bridgehead atoms. The Morgan fingerprint density at radius 1 is 1.09 bits per heavy atom. The molecule has 3 aromatic rings. The summed E-state index contributed by atoms with van der Waals surface area (Å²) >= 11 is 1.49. The quantitative estimate of drug-likeness (QED) is 0.678. The van der Waals surface area contributed by atoms with Crippen molar-refractivity contribution in [1.29, 1.82) is 0 Å². The summed E-state index contributed by atoms with van der Waals surface area (Å²) in [5, 5.41) is 17.3. The molecule has 0 fully saturated rings. The van der Waals surface area contributed by atoms with Gasteiger partial charge in [-0.2, -0.15) is 0 Å². The molecule has 0 saturated carbocycles. The van der Waals surface area contributed by atoms with Gasteiger partial charge < -0.3 is 4.42 Å². The molecule has 2 aromatic heterocycles. The Kier molecular flexibility index (Phi) is 4.21. The van der Waals surface area contributed by atoms with E-state index < -0.39 is 0 Å². The summed E-state index contributed by atoms with van der Waals surface area (Å²) in [7, 11) is 0. The molecule has 1 atom stereocenters. The number of benzene rings is 1. The first-order valence-corrected chi connectivity index (χ1v) is 8.30. The molecule has 120 valence electrons. The largest absolute Gasteiger partial charge is 0.415 e. The molecule has 0 saturated heterocycles. The molecule has 0 aliphatic carbocycles.